The molecule has 0 spiro atoms. The Hall–Kier alpha value is -2.44. The molecule has 0 radical (unpaired) electrons. The molecule has 6 nitrogen and oxygen atoms in total. The second-order valence-electron chi connectivity index (χ2n) is 5.77. The Labute approximate surface area is 141 Å². The second-order valence-corrected chi connectivity index (χ2v) is 5.77. The summed E-state index contributed by atoms with van der Waals surface area (Å²) in [6, 6.07) is 8.82. The number of nitrogens with zero attached hydrogens (tertiary/aromatic N) is 1. The number of pyridine rings is 1. The summed E-state index contributed by atoms with van der Waals surface area (Å²) in [4.78, 5) is 16.0. The lowest BCUT2D eigenvalue weighted by Crippen LogP contribution is -2.34. The third-order valence-corrected chi connectivity index (χ3v) is 4.05. The van der Waals surface area contributed by atoms with E-state index >= 15 is 0 Å². The smallest absolute Gasteiger partial charge is 0.241 e. The van der Waals surface area contributed by atoms with E-state index in [4.69, 9.17) is 15.2 Å². The zero-order valence-electron chi connectivity index (χ0n) is 13.8. The van der Waals surface area contributed by atoms with Gasteiger partial charge < -0.3 is 20.5 Å². The van der Waals surface area contributed by atoms with Gasteiger partial charge in [-0.3, -0.25) is 4.79 Å². The molecule has 0 saturated carbocycles. The summed E-state index contributed by atoms with van der Waals surface area (Å²) >= 11 is 0. The number of nitrogens with two attached hydrogens (primary N) is 1. The maximum atomic E-state index is 11.8. The highest BCUT2D eigenvalue weighted by molar-refractivity contribution is 5.94. The molecule has 0 aliphatic carbocycles. The van der Waals surface area contributed by atoms with Crippen molar-refractivity contribution < 1.29 is 14.3 Å². The summed E-state index contributed by atoms with van der Waals surface area (Å²) in [5.41, 5.74) is 8.48. The molecule has 1 aromatic carbocycles. The van der Waals surface area contributed by atoms with Gasteiger partial charge in [0, 0.05) is 11.6 Å². The number of fused-ring (bicyclic) bond motifs is 1. The molecule has 1 aliphatic heterocycles. The van der Waals surface area contributed by atoms with E-state index in [0.29, 0.717) is 24.6 Å². The number of nitrogens with one attached hydrogen (secondary N) is 1. The zero-order chi connectivity index (χ0) is 17.1. The summed E-state index contributed by atoms with van der Waals surface area (Å²) < 4.78 is 11.5. The van der Waals surface area contributed by atoms with E-state index in [1.165, 1.54) is 0 Å². The number of carbonyl (C=O) groups excluding carboxylic acids is 1. The average molecular weight is 327 g/mol. The van der Waals surface area contributed by atoms with Crippen LogP contribution in [0, 0.1) is 0 Å². The first-order valence-corrected chi connectivity index (χ1v) is 8.02. The fraction of sp³-hybridized carbons (Fsp3) is 0.333. The predicted octanol–water partition coefficient (Wildman–Crippen LogP) is 3.14. The van der Waals surface area contributed by atoms with E-state index in [9.17, 15) is 4.79 Å². The van der Waals surface area contributed by atoms with Gasteiger partial charge in [-0.15, -0.1) is 0 Å². The molecule has 0 bridgehead atoms. The molecule has 2 aromatic rings. The van der Waals surface area contributed by atoms with Gasteiger partial charge >= 0.3 is 0 Å². The fourth-order valence-corrected chi connectivity index (χ4v) is 2.61. The third-order valence-electron chi connectivity index (χ3n) is 4.05. The van der Waals surface area contributed by atoms with Crippen molar-refractivity contribution in [1.29, 1.82) is 0 Å². The van der Waals surface area contributed by atoms with Crippen LogP contribution in [0.2, 0.25) is 0 Å². The molecule has 2 heterocycles. The maximum Gasteiger partial charge on any atom is 0.241 e. The molecule has 126 valence electrons. The Kier molecular flexibility index (Phi) is 4.78. The molecule has 3 N–H and O–H groups in total. The van der Waals surface area contributed by atoms with Gasteiger partial charge in [0.25, 0.3) is 0 Å². The van der Waals surface area contributed by atoms with Crippen LogP contribution >= 0.6 is 0 Å². The van der Waals surface area contributed by atoms with E-state index < -0.39 is 6.04 Å². The number of aromatic nitrogens is 1. The lowest BCUT2D eigenvalue weighted by molar-refractivity contribution is -0.117. The molecule has 1 unspecified atom stereocenters. The van der Waals surface area contributed by atoms with Crippen molar-refractivity contribution in [2.24, 2.45) is 5.73 Å². The zero-order valence-corrected chi connectivity index (χ0v) is 13.8. The van der Waals surface area contributed by atoms with Gasteiger partial charge in [0.15, 0.2) is 0 Å². The van der Waals surface area contributed by atoms with Gasteiger partial charge in [-0.25, -0.2) is 4.98 Å². The number of ether oxygens (including phenoxy) is 2. The first-order valence-electron chi connectivity index (χ1n) is 8.02. The second kappa shape index (κ2) is 6.98. The van der Waals surface area contributed by atoms with Crippen LogP contribution < -0.4 is 15.8 Å². The van der Waals surface area contributed by atoms with Gasteiger partial charge in [-0.1, -0.05) is 19.1 Å². The van der Waals surface area contributed by atoms with E-state index in [0.717, 1.165) is 16.9 Å². The average Bonchev–Trinajstić information content (AvgIpc) is 2.98. The van der Waals surface area contributed by atoms with Gasteiger partial charge in [-0.2, -0.15) is 0 Å². The van der Waals surface area contributed by atoms with Crippen LogP contribution in [0.25, 0.3) is 0 Å². The lowest BCUT2D eigenvalue weighted by Gasteiger charge is -2.13. The predicted molar refractivity (Wildman–Crippen MR) is 90.9 cm³/mol. The molecule has 3 rings (SSSR count). The van der Waals surface area contributed by atoms with Crippen LogP contribution in [-0.4, -0.2) is 16.9 Å². The number of anilines is 1. The minimum Gasteiger partial charge on any atom is -0.439 e. The highest BCUT2D eigenvalue weighted by Gasteiger charge is 2.23. The molecule has 0 saturated heterocycles. The molecule has 24 heavy (non-hydrogen) atoms. The highest BCUT2D eigenvalue weighted by atomic mass is 16.5. The van der Waals surface area contributed by atoms with Crippen molar-refractivity contribution in [2.45, 2.75) is 39.0 Å². The monoisotopic (exact) mass is 327 g/mol. The van der Waals surface area contributed by atoms with Crippen molar-refractivity contribution in [3.05, 3.63) is 47.7 Å². The summed E-state index contributed by atoms with van der Waals surface area (Å²) in [5.74, 6) is 0.981. The van der Waals surface area contributed by atoms with Crippen LogP contribution in [0.5, 0.6) is 11.6 Å². The maximum absolute atomic E-state index is 11.8. The van der Waals surface area contributed by atoms with E-state index in [1.807, 2.05) is 32.0 Å². The number of benzene rings is 1. The van der Waals surface area contributed by atoms with E-state index in [-0.39, 0.29) is 12.0 Å². The van der Waals surface area contributed by atoms with Crippen molar-refractivity contribution in [1.82, 2.24) is 4.98 Å². The van der Waals surface area contributed by atoms with Crippen molar-refractivity contribution in [3.8, 4) is 11.6 Å². The molecule has 1 aromatic heterocycles. The summed E-state index contributed by atoms with van der Waals surface area (Å²) in [6.45, 7) is 4.47. The van der Waals surface area contributed by atoms with Crippen LogP contribution in [0.4, 0.5) is 5.69 Å². The Balaban J connectivity index is 1.72. The molecule has 6 heteroatoms. The SMILES string of the molecule is CC[C@@H](N)C(=O)Nc1ccc(Oc2cccc3c2C(C)OC3)nc1. The Morgan fingerprint density at radius 3 is 3.00 bits per heavy atom. The summed E-state index contributed by atoms with van der Waals surface area (Å²) in [5, 5.41) is 2.73. The topological polar surface area (TPSA) is 86.5 Å². The molecule has 2 atom stereocenters. The first kappa shape index (κ1) is 16.4. The molecular weight excluding hydrogens is 306 g/mol. The normalized spacial score (nSPS) is 17.2. The van der Waals surface area contributed by atoms with Crippen molar-refractivity contribution in [2.75, 3.05) is 5.32 Å². The molecule has 0 fully saturated rings. The standard InChI is InChI=1S/C18H21N3O3/c1-3-14(19)18(22)21-13-7-8-16(20-9-13)24-15-6-4-5-12-10-23-11(2)17(12)15/h4-9,11,14H,3,10,19H2,1-2H3,(H,21,22)/t11?,14-/m1/s1. The van der Waals surface area contributed by atoms with Crippen LogP contribution in [0.15, 0.2) is 36.5 Å². The Bertz CT molecular complexity index is 731. The number of rotatable bonds is 5. The Morgan fingerprint density at radius 2 is 2.29 bits per heavy atom. The van der Waals surface area contributed by atoms with Crippen molar-refractivity contribution in [3.63, 3.8) is 0 Å². The van der Waals surface area contributed by atoms with Gasteiger partial charge in [-0.05, 0) is 31.0 Å². The fourth-order valence-electron chi connectivity index (χ4n) is 2.61. The quantitative estimate of drug-likeness (QED) is 0.881. The van der Waals surface area contributed by atoms with E-state index in [1.54, 1.807) is 18.3 Å². The van der Waals surface area contributed by atoms with Gasteiger partial charge in [0.05, 0.1) is 30.6 Å². The largest absolute Gasteiger partial charge is 0.439 e. The number of carbonyl (C=O) groups is 1. The molecular formula is C18H21N3O3. The minimum atomic E-state index is -0.519. The van der Waals surface area contributed by atoms with Crippen LogP contribution in [0.3, 0.4) is 0 Å². The van der Waals surface area contributed by atoms with Crippen LogP contribution in [-0.2, 0) is 16.1 Å². The summed E-state index contributed by atoms with van der Waals surface area (Å²) in [6.07, 6.45) is 2.14. The third kappa shape index (κ3) is 3.39. The van der Waals surface area contributed by atoms with E-state index in [2.05, 4.69) is 10.3 Å². The number of hydrogen-bond donors (Lipinski definition) is 2. The lowest BCUT2D eigenvalue weighted by atomic mass is 10.1. The number of amides is 1. The highest BCUT2D eigenvalue weighted by Crippen LogP contribution is 2.38. The molecule has 1 amide bonds. The minimum absolute atomic E-state index is 0.00490. The van der Waals surface area contributed by atoms with Gasteiger partial charge in [0.1, 0.15) is 5.75 Å². The first-order chi connectivity index (χ1) is 11.6. The van der Waals surface area contributed by atoms with Gasteiger partial charge in [0.2, 0.25) is 11.8 Å². The van der Waals surface area contributed by atoms with Crippen LogP contribution in [0.1, 0.15) is 37.5 Å². The number of hydrogen-bond acceptors (Lipinski definition) is 5. The molecule has 1 aliphatic rings. The summed E-state index contributed by atoms with van der Waals surface area (Å²) in [7, 11) is 0. The Morgan fingerprint density at radius 1 is 1.46 bits per heavy atom. The van der Waals surface area contributed by atoms with Crippen molar-refractivity contribution >= 4 is 11.6 Å².